The van der Waals surface area contributed by atoms with Crippen molar-refractivity contribution in [1.82, 2.24) is 4.72 Å². The Hall–Kier alpha value is -1.07. The van der Waals surface area contributed by atoms with Crippen LogP contribution in [-0.4, -0.2) is 26.3 Å². The van der Waals surface area contributed by atoms with E-state index in [-0.39, 0.29) is 11.3 Å². The van der Waals surface area contributed by atoms with Gasteiger partial charge in [-0.05, 0) is 44.7 Å². The number of hydrogen-bond donors (Lipinski definition) is 2. The molecule has 106 valence electrons. The molecule has 19 heavy (non-hydrogen) atoms. The zero-order chi connectivity index (χ0) is 13.9. The van der Waals surface area contributed by atoms with E-state index in [0.717, 1.165) is 24.9 Å². The topological polar surface area (TPSA) is 58.2 Å². The second kappa shape index (κ2) is 5.92. The molecule has 1 aromatic carbocycles. The number of hydrogen-bond acceptors (Lipinski definition) is 3. The van der Waals surface area contributed by atoms with Crippen molar-refractivity contribution in [2.45, 2.75) is 44.4 Å². The number of anilines is 1. The largest absolute Gasteiger partial charge is 0.381 e. The second-order valence-corrected chi connectivity index (χ2v) is 7.65. The monoisotopic (exact) mass is 282 g/mol. The Labute approximate surface area is 115 Å². The van der Waals surface area contributed by atoms with Gasteiger partial charge in [0.15, 0.2) is 0 Å². The minimum Gasteiger partial charge on any atom is -0.381 e. The molecule has 2 rings (SSSR count). The first-order valence-corrected chi connectivity index (χ1v) is 8.36. The average molecular weight is 282 g/mol. The fourth-order valence-corrected chi connectivity index (χ4v) is 3.01. The third kappa shape index (κ3) is 3.70. The fraction of sp³-hybridized carbons (Fsp3) is 0.571. The molecule has 0 radical (unpaired) electrons. The normalized spacial score (nSPS) is 19.6. The minimum absolute atomic E-state index is 0.164. The number of sulfonamides is 1. The maximum atomic E-state index is 11.8. The Morgan fingerprint density at radius 3 is 2.84 bits per heavy atom. The van der Waals surface area contributed by atoms with Gasteiger partial charge < -0.3 is 5.32 Å². The van der Waals surface area contributed by atoms with E-state index in [1.165, 1.54) is 5.56 Å². The molecule has 1 unspecified atom stereocenters. The van der Waals surface area contributed by atoms with Gasteiger partial charge in [0.1, 0.15) is 0 Å². The van der Waals surface area contributed by atoms with E-state index in [1.54, 1.807) is 13.8 Å². The van der Waals surface area contributed by atoms with E-state index in [2.05, 4.69) is 22.2 Å². The molecule has 0 amide bonds. The molecule has 0 bridgehead atoms. The van der Waals surface area contributed by atoms with Crippen LogP contribution in [0.15, 0.2) is 24.3 Å². The Morgan fingerprint density at radius 1 is 1.37 bits per heavy atom. The lowest BCUT2D eigenvalue weighted by molar-refractivity contribution is 0.556. The Morgan fingerprint density at radius 2 is 2.11 bits per heavy atom. The highest BCUT2D eigenvalue weighted by molar-refractivity contribution is 7.90. The van der Waals surface area contributed by atoms with Crippen molar-refractivity contribution in [3.8, 4) is 0 Å². The zero-order valence-corrected chi connectivity index (χ0v) is 12.3. The van der Waals surface area contributed by atoms with E-state index in [0.29, 0.717) is 6.54 Å². The quantitative estimate of drug-likeness (QED) is 0.889. The number of nitrogens with one attached hydrogen (secondary N) is 2. The SMILES string of the molecule is CC(C)S(=O)(=O)NCC1CCCc2ccccc2N1. The van der Waals surface area contributed by atoms with Crippen molar-refractivity contribution < 1.29 is 8.42 Å². The van der Waals surface area contributed by atoms with Gasteiger partial charge in [0.25, 0.3) is 0 Å². The van der Waals surface area contributed by atoms with Gasteiger partial charge in [-0.25, -0.2) is 13.1 Å². The molecule has 1 heterocycles. The maximum absolute atomic E-state index is 11.8. The van der Waals surface area contributed by atoms with E-state index in [4.69, 9.17) is 0 Å². The van der Waals surface area contributed by atoms with Crippen LogP contribution >= 0.6 is 0 Å². The summed E-state index contributed by atoms with van der Waals surface area (Å²) >= 11 is 0. The van der Waals surface area contributed by atoms with E-state index >= 15 is 0 Å². The molecule has 1 aliphatic heterocycles. The van der Waals surface area contributed by atoms with Crippen molar-refractivity contribution in [1.29, 1.82) is 0 Å². The first-order chi connectivity index (χ1) is 8.99. The van der Waals surface area contributed by atoms with Gasteiger partial charge in [-0.3, -0.25) is 0 Å². The highest BCUT2D eigenvalue weighted by Crippen LogP contribution is 2.23. The van der Waals surface area contributed by atoms with E-state index < -0.39 is 10.0 Å². The lowest BCUT2D eigenvalue weighted by Gasteiger charge is -2.19. The molecule has 0 aromatic heterocycles. The lowest BCUT2D eigenvalue weighted by Crippen LogP contribution is -2.39. The number of rotatable bonds is 4. The van der Waals surface area contributed by atoms with Crippen LogP contribution in [-0.2, 0) is 16.4 Å². The molecule has 2 N–H and O–H groups in total. The van der Waals surface area contributed by atoms with Crippen LogP contribution in [0.3, 0.4) is 0 Å². The van der Waals surface area contributed by atoms with Crippen molar-refractivity contribution in [2.75, 3.05) is 11.9 Å². The predicted molar refractivity (Wildman–Crippen MR) is 78.8 cm³/mol. The van der Waals surface area contributed by atoms with Crippen LogP contribution in [0.25, 0.3) is 0 Å². The molecule has 0 fully saturated rings. The Balaban J connectivity index is 2.00. The van der Waals surface area contributed by atoms with Crippen LogP contribution in [0.5, 0.6) is 0 Å². The van der Waals surface area contributed by atoms with Crippen molar-refractivity contribution in [3.05, 3.63) is 29.8 Å². The Kier molecular flexibility index (Phi) is 4.47. The molecule has 1 atom stereocenters. The molecule has 0 spiro atoms. The smallest absolute Gasteiger partial charge is 0.214 e. The molecule has 0 aliphatic carbocycles. The molecule has 5 heteroatoms. The molecule has 1 aliphatic rings. The molecular formula is C14H22N2O2S. The van der Waals surface area contributed by atoms with Crippen molar-refractivity contribution in [2.24, 2.45) is 0 Å². The van der Waals surface area contributed by atoms with E-state index in [9.17, 15) is 8.42 Å². The molecule has 1 aromatic rings. The third-order valence-electron chi connectivity index (χ3n) is 3.53. The molecule has 0 saturated heterocycles. The Bertz CT molecular complexity index is 526. The van der Waals surface area contributed by atoms with Crippen molar-refractivity contribution >= 4 is 15.7 Å². The van der Waals surface area contributed by atoms with Crippen molar-refractivity contribution in [3.63, 3.8) is 0 Å². The summed E-state index contributed by atoms with van der Waals surface area (Å²) in [4.78, 5) is 0. The summed E-state index contributed by atoms with van der Waals surface area (Å²) in [6.45, 7) is 3.84. The summed E-state index contributed by atoms with van der Waals surface area (Å²) in [7, 11) is -3.18. The van der Waals surface area contributed by atoms with Gasteiger partial charge >= 0.3 is 0 Å². The van der Waals surface area contributed by atoms with Gasteiger partial charge in [0, 0.05) is 18.3 Å². The maximum Gasteiger partial charge on any atom is 0.214 e. The summed E-state index contributed by atoms with van der Waals surface area (Å²) in [5, 5.41) is 3.06. The number of fused-ring (bicyclic) bond motifs is 1. The van der Waals surface area contributed by atoms with Gasteiger partial charge in [0.05, 0.1) is 5.25 Å². The van der Waals surface area contributed by atoms with Crippen LogP contribution in [0, 0.1) is 0 Å². The zero-order valence-electron chi connectivity index (χ0n) is 11.5. The van der Waals surface area contributed by atoms with Crippen LogP contribution < -0.4 is 10.0 Å². The average Bonchev–Trinajstić information content (AvgIpc) is 2.58. The molecule has 4 nitrogen and oxygen atoms in total. The number of para-hydroxylation sites is 1. The first kappa shape index (κ1) is 14.3. The van der Waals surface area contributed by atoms with Crippen LogP contribution in [0.4, 0.5) is 5.69 Å². The summed E-state index contributed by atoms with van der Waals surface area (Å²) in [5.74, 6) is 0. The van der Waals surface area contributed by atoms with Gasteiger partial charge in [-0.15, -0.1) is 0 Å². The fourth-order valence-electron chi connectivity index (χ4n) is 2.25. The summed E-state index contributed by atoms with van der Waals surface area (Å²) in [6.07, 6.45) is 3.12. The van der Waals surface area contributed by atoms with Gasteiger partial charge in [0.2, 0.25) is 10.0 Å². The highest BCUT2D eigenvalue weighted by Gasteiger charge is 2.20. The molecule has 0 saturated carbocycles. The standard InChI is InChI=1S/C14H22N2O2S/c1-11(2)19(17,18)15-10-13-8-5-7-12-6-3-4-9-14(12)16-13/h3-4,6,9,11,13,15-16H,5,7-8,10H2,1-2H3. The predicted octanol–water partition coefficient (Wildman–Crippen LogP) is 2.13. The highest BCUT2D eigenvalue weighted by atomic mass is 32.2. The summed E-state index contributed by atoms with van der Waals surface area (Å²) < 4.78 is 26.2. The van der Waals surface area contributed by atoms with Crippen LogP contribution in [0.2, 0.25) is 0 Å². The van der Waals surface area contributed by atoms with Crippen LogP contribution in [0.1, 0.15) is 32.3 Å². The van der Waals surface area contributed by atoms with E-state index in [1.807, 2.05) is 12.1 Å². The number of aryl methyl sites for hydroxylation is 1. The third-order valence-corrected chi connectivity index (χ3v) is 5.34. The second-order valence-electron chi connectivity index (χ2n) is 5.33. The van der Waals surface area contributed by atoms with Gasteiger partial charge in [-0.2, -0.15) is 0 Å². The lowest BCUT2D eigenvalue weighted by atomic mass is 10.1. The first-order valence-electron chi connectivity index (χ1n) is 6.82. The summed E-state index contributed by atoms with van der Waals surface area (Å²) in [6, 6.07) is 8.40. The minimum atomic E-state index is -3.18. The molecular weight excluding hydrogens is 260 g/mol. The summed E-state index contributed by atoms with van der Waals surface area (Å²) in [5.41, 5.74) is 2.45. The van der Waals surface area contributed by atoms with Gasteiger partial charge in [-0.1, -0.05) is 18.2 Å². The number of benzene rings is 1.